The van der Waals surface area contributed by atoms with E-state index in [-0.39, 0.29) is 0 Å². The van der Waals surface area contributed by atoms with Gasteiger partial charge in [0.1, 0.15) is 6.33 Å². The number of hydrogen-bond acceptors (Lipinski definition) is 2. The Morgan fingerprint density at radius 2 is 1.88 bits per heavy atom. The van der Waals surface area contributed by atoms with Crippen molar-refractivity contribution < 1.29 is 0 Å². The van der Waals surface area contributed by atoms with Gasteiger partial charge in [0.05, 0.1) is 0 Å². The second-order valence-corrected chi connectivity index (χ2v) is 4.38. The molecule has 0 atom stereocenters. The molecular formula is C11H11Cl2N3. The average Bonchev–Trinajstić information content (AvgIpc) is 2.65. The standard InChI is InChI=1S/C11H11Cl2N3/c1-2-3-16-7-14-15-11(16)8-4-9(12)6-10(13)5-8/h4-7H,2-3H2,1H3. The van der Waals surface area contributed by atoms with Crippen molar-refractivity contribution in [3.05, 3.63) is 34.6 Å². The van der Waals surface area contributed by atoms with E-state index in [4.69, 9.17) is 23.2 Å². The lowest BCUT2D eigenvalue weighted by Crippen LogP contribution is -1.98. The smallest absolute Gasteiger partial charge is 0.163 e. The Bertz CT molecular complexity index is 473. The maximum atomic E-state index is 5.95. The van der Waals surface area contributed by atoms with E-state index in [1.807, 2.05) is 16.7 Å². The van der Waals surface area contributed by atoms with Crippen LogP contribution in [-0.4, -0.2) is 14.8 Å². The first-order valence-electron chi connectivity index (χ1n) is 5.05. The minimum absolute atomic E-state index is 0.605. The van der Waals surface area contributed by atoms with Crippen LogP contribution < -0.4 is 0 Å². The summed E-state index contributed by atoms with van der Waals surface area (Å²) in [7, 11) is 0. The first kappa shape index (κ1) is 11.4. The third kappa shape index (κ3) is 2.36. The van der Waals surface area contributed by atoms with E-state index in [0.29, 0.717) is 10.0 Å². The summed E-state index contributed by atoms with van der Waals surface area (Å²) in [6, 6.07) is 5.38. The van der Waals surface area contributed by atoms with Crippen LogP contribution in [0.4, 0.5) is 0 Å². The molecule has 5 heteroatoms. The Kier molecular flexibility index (Phi) is 3.46. The summed E-state index contributed by atoms with van der Waals surface area (Å²) in [5.41, 5.74) is 0.892. The lowest BCUT2D eigenvalue weighted by atomic mass is 10.2. The van der Waals surface area contributed by atoms with Gasteiger partial charge in [0, 0.05) is 22.2 Å². The summed E-state index contributed by atoms with van der Waals surface area (Å²) in [5, 5.41) is 9.20. The summed E-state index contributed by atoms with van der Waals surface area (Å²) in [6.45, 7) is 2.99. The van der Waals surface area contributed by atoms with E-state index in [2.05, 4.69) is 17.1 Å². The van der Waals surface area contributed by atoms with E-state index in [1.54, 1.807) is 12.4 Å². The van der Waals surface area contributed by atoms with Crippen molar-refractivity contribution in [1.29, 1.82) is 0 Å². The molecule has 0 spiro atoms. The highest BCUT2D eigenvalue weighted by Gasteiger charge is 2.08. The van der Waals surface area contributed by atoms with Crippen LogP contribution in [0.2, 0.25) is 10.0 Å². The molecule has 1 heterocycles. The largest absolute Gasteiger partial charge is 0.314 e. The molecule has 2 aromatic rings. The predicted octanol–water partition coefficient (Wildman–Crippen LogP) is 3.66. The number of rotatable bonds is 3. The molecule has 0 saturated carbocycles. The van der Waals surface area contributed by atoms with Gasteiger partial charge >= 0.3 is 0 Å². The molecule has 16 heavy (non-hydrogen) atoms. The fourth-order valence-electron chi connectivity index (χ4n) is 1.57. The molecule has 2 rings (SSSR count). The van der Waals surface area contributed by atoms with E-state index in [0.717, 1.165) is 24.4 Å². The van der Waals surface area contributed by atoms with Crippen LogP contribution in [0.15, 0.2) is 24.5 Å². The topological polar surface area (TPSA) is 30.7 Å². The minimum atomic E-state index is 0.605. The molecule has 0 amide bonds. The van der Waals surface area contributed by atoms with Crippen LogP contribution in [-0.2, 0) is 6.54 Å². The first-order chi connectivity index (χ1) is 7.70. The number of hydrogen-bond donors (Lipinski definition) is 0. The van der Waals surface area contributed by atoms with Crippen molar-refractivity contribution in [2.75, 3.05) is 0 Å². The predicted molar refractivity (Wildman–Crippen MR) is 65.8 cm³/mol. The van der Waals surface area contributed by atoms with E-state index in [1.165, 1.54) is 0 Å². The van der Waals surface area contributed by atoms with Crippen molar-refractivity contribution in [2.45, 2.75) is 19.9 Å². The van der Waals surface area contributed by atoms with Gasteiger partial charge in [-0.05, 0) is 24.6 Å². The maximum absolute atomic E-state index is 5.95. The molecule has 0 N–H and O–H groups in total. The summed E-state index contributed by atoms with van der Waals surface area (Å²) in [5.74, 6) is 0.797. The Morgan fingerprint density at radius 3 is 2.50 bits per heavy atom. The highest BCUT2D eigenvalue weighted by Crippen LogP contribution is 2.25. The Morgan fingerprint density at radius 1 is 1.19 bits per heavy atom. The summed E-state index contributed by atoms with van der Waals surface area (Å²) in [6.07, 6.45) is 2.74. The third-order valence-corrected chi connectivity index (χ3v) is 2.64. The maximum Gasteiger partial charge on any atom is 0.163 e. The average molecular weight is 256 g/mol. The number of benzene rings is 1. The molecule has 0 radical (unpaired) electrons. The summed E-state index contributed by atoms with van der Waals surface area (Å²) in [4.78, 5) is 0. The second-order valence-electron chi connectivity index (χ2n) is 3.51. The van der Waals surface area contributed by atoms with Crippen molar-refractivity contribution in [2.24, 2.45) is 0 Å². The highest BCUT2D eigenvalue weighted by molar-refractivity contribution is 6.35. The Labute approximate surface area is 104 Å². The fraction of sp³-hybridized carbons (Fsp3) is 0.273. The Balaban J connectivity index is 2.45. The van der Waals surface area contributed by atoms with Gasteiger partial charge in [-0.3, -0.25) is 0 Å². The zero-order chi connectivity index (χ0) is 11.5. The van der Waals surface area contributed by atoms with Gasteiger partial charge < -0.3 is 4.57 Å². The third-order valence-electron chi connectivity index (χ3n) is 2.20. The molecule has 0 aliphatic heterocycles. The van der Waals surface area contributed by atoms with Crippen molar-refractivity contribution in [3.8, 4) is 11.4 Å². The molecule has 0 aliphatic carbocycles. The van der Waals surface area contributed by atoms with Crippen molar-refractivity contribution >= 4 is 23.2 Å². The molecule has 1 aromatic carbocycles. The first-order valence-corrected chi connectivity index (χ1v) is 5.80. The number of aromatic nitrogens is 3. The molecule has 0 saturated heterocycles. The van der Waals surface area contributed by atoms with Crippen molar-refractivity contribution in [3.63, 3.8) is 0 Å². The summed E-state index contributed by atoms with van der Waals surface area (Å²) >= 11 is 11.9. The van der Waals surface area contributed by atoms with Crippen LogP contribution in [0.25, 0.3) is 11.4 Å². The molecule has 0 aliphatic rings. The number of halogens is 2. The summed E-state index contributed by atoms with van der Waals surface area (Å²) < 4.78 is 1.99. The zero-order valence-electron chi connectivity index (χ0n) is 8.82. The lowest BCUT2D eigenvalue weighted by Gasteiger charge is -2.05. The van der Waals surface area contributed by atoms with Gasteiger partial charge in [-0.2, -0.15) is 0 Å². The normalized spacial score (nSPS) is 10.7. The monoisotopic (exact) mass is 255 g/mol. The Hall–Kier alpha value is -1.06. The van der Waals surface area contributed by atoms with Gasteiger partial charge in [-0.15, -0.1) is 10.2 Å². The van der Waals surface area contributed by atoms with Crippen LogP contribution in [0.3, 0.4) is 0 Å². The fourth-order valence-corrected chi connectivity index (χ4v) is 2.09. The minimum Gasteiger partial charge on any atom is -0.314 e. The molecule has 84 valence electrons. The van der Waals surface area contributed by atoms with Gasteiger partial charge in [0.15, 0.2) is 5.82 Å². The van der Waals surface area contributed by atoms with Gasteiger partial charge in [-0.1, -0.05) is 30.1 Å². The zero-order valence-corrected chi connectivity index (χ0v) is 10.3. The second kappa shape index (κ2) is 4.85. The number of aryl methyl sites for hydroxylation is 1. The highest BCUT2D eigenvalue weighted by atomic mass is 35.5. The van der Waals surface area contributed by atoms with Gasteiger partial charge in [0.25, 0.3) is 0 Å². The molecule has 3 nitrogen and oxygen atoms in total. The SMILES string of the molecule is CCCn1cnnc1-c1cc(Cl)cc(Cl)c1. The molecule has 0 bridgehead atoms. The van der Waals surface area contributed by atoms with Gasteiger partial charge in [0.2, 0.25) is 0 Å². The molecule has 0 fully saturated rings. The van der Waals surface area contributed by atoms with Crippen LogP contribution in [0.1, 0.15) is 13.3 Å². The van der Waals surface area contributed by atoms with Gasteiger partial charge in [-0.25, -0.2) is 0 Å². The van der Waals surface area contributed by atoms with E-state index < -0.39 is 0 Å². The number of nitrogens with zero attached hydrogens (tertiary/aromatic N) is 3. The van der Waals surface area contributed by atoms with Crippen LogP contribution in [0, 0.1) is 0 Å². The van der Waals surface area contributed by atoms with Crippen LogP contribution >= 0.6 is 23.2 Å². The van der Waals surface area contributed by atoms with Crippen molar-refractivity contribution in [1.82, 2.24) is 14.8 Å². The van der Waals surface area contributed by atoms with E-state index >= 15 is 0 Å². The molecule has 1 aromatic heterocycles. The molecular weight excluding hydrogens is 245 g/mol. The van der Waals surface area contributed by atoms with Crippen LogP contribution in [0.5, 0.6) is 0 Å². The molecule has 0 unspecified atom stereocenters. The van der Waals surface area contributed by atoms with E-state index in [9.17, 15) is 0 Å². The quantitative estimate of drug-likeness (QED) is 0.838. The lowest BCUT2D eigenvalue weighted by molar-refractivity contribution is 0.683.